The first-order valence-electron chi connectivity index (χ1n) is 8.31. The number of thiazole rings is 1. The van der Waals surface area contributed by atoms with Crippen molar-refractivity contribution in [2.45, 2.75) is 25.3 Å². The highest BCUT2D eigenvalue weighted by Gasteiger charge is 2.31. The zero-order valence-electron chi connectivity index (χ0n) is 14.4. The number of amides is 3. The van der Waals surface area contributed by atoms with E-state index in [0.717, 1.165) is 30.0 Å². The fourth-order valence-electron chi connectivity index (χ4n) is 2.97. The topological polar surface area (TPSA) is 65.5 Å². The smallest absolute Gasteiger partial charge is 0.322 e. The molecule has 2 aromatic rings. The SMILES string of the molecule is CN(C)C(=O)Cc1ccccc1NC(=O)N1CCCC1c1nccs1. The number of anilines is 1. The molecule has 3 rings (SSSR count). The van der Waals surface area contributed by atoms with Crippen LogP contribution in [0.15, 0.2) is 35.8 Å². The Morgan fingerprint density at radius 1 is 1.36 bits per heavy atom. The van der Waals surface area contributed by atoms with Gasteiger partial charge in [0.25, 0.3) is 0 Å². The first-order chi connectivity index (χ1) is 12.1. The Bertz CT molecular complexity index is 745. The molecule has 1 saturated heterocycles. The Labute approximate surface area is 151 Å². The molecule has 1 atom stereocenters. The molecule has 25 heavy (non-hydrogen) atoms. The molecule has 1 aromatic heterocycles. The normalized spacial score (nSPS) is 16.7. The van der Waals surface area contributed by atoms with Gasteiger partial charge >= 0.3 is 6.03 Å². The van der Waals surface area contributed by atoms with E-state index in [-0.39, 0.29) is 24.4 Å². The summed E-state index contributed by atoms with van der Waals surface area (Å²) in [4.78, 5) is 32.5. The van der Waals surface area contributed by atoms with Gasteiger partial charge in [-0.2, -0.15) is 0 Å². The van der Waals surface area contributed by atoms with E-state index in [1.165, 1.54) is 0 Å². The minimum Gasteiger partial charge on any atom is -0.349 e. The summed E-state index contributed by atoms with van der Waals surface area (Å²) in [6.07, 6.45) is 3.94. The molecule has 0 aliphatic carbocycles. The summed E-state index contributed by atoms with van der Waals surface area (Å²) < 4.78 is 0. The number of hydrogen-bond donors (Lipinski definition) is 1. The second-order valence-electron chi connectivity index (χ2n) is 6.27. The average Bonchev–Trinajstić information content (AvgIpc) is 3.27. The van der Waals surface area contributed by atoms with E-state index in [9.17, 15) is 9.59 Å². The highest BCUT2D eigenvalue weighted by atomic mass is 32.1. The number of nitrogens with zero attached hydrogens (tertiary/aromatic N) is 3. The minimum absolute atomic E-state index is 0.00327. The van der Waals surface area contributed by atoms with Crippen LogP contribution in [0.25, 0.3) is 0 Å². The van der Waals surface area contributed by atoms with Gasteiger partial charge in [0.15, 0.2) is 0 Å². The predicted molar refractivity (Wildman–Crippen MR) is 98.7 cm³/mol. The van der Waals surface area contributed by atoms with Crippen LogP contribution < -0.4 is 5.32 Å². The van der Waals surface area contributed by atoms with Gasteiger partial charge in [-0.1, -0.05) is 18.2 Å². The number of carbonyl (C=O) groups is 2. The number of benzene rings is 1. The molecule has 1 N–H and O–H groups in total. The lowest BCUT2D eigenvalue weighted by atomic mass is 10.1. The van der Waals surface area contributed by atoms with Gasteiger partial charge in [-0.05, 0) is 24.5 Å². The molecule has 1 aromatic carbocycles. The van der Waals surface area contributed by atoms with Crippen LogP contribution in [0.1, 0.15) is 29.5 Å². The first-order valence-corrected chi connectivity index (χ1v) is 9.19. The molecule has 0 spiro atoms. The molecule has 0 radical (unpaired) electrons. The van der Waals surface area contributed by atoms with Crippen molar-refractivity contribution in [3.63, 3.8) is 0 Å². The monoisotopic (exact) mass is 358 g/mol. The van der Waals surface area contributed by atoms with Crippen molar-refractivity contribution < 1.29 is 9.59 Å². The summed E-state index contributed by atoms with van der Waals surface area (Å²) in [7, 11) is 3.46. The van der Waals surface area contributed by atoms with Crippen molar-refractivity contribution in [1.29, 1.82) is 0 Å². The number of hydrogen-bond acceptors (Lipinski definition) is 4. The number of aromatic nitrogens is 1. The first kappa shape index (κ1) is 17.4. The molecule has 0 saturated carbocycles. The Balaban J connectivity index is 1.74. The van der Waals surface area contributed by atoms with Crippen molar-refractivity contribution in [1.82, 2.24) is 14.8 Å². The fourth-order valence-corrected chi connectivity index (χ4v) is 3.76. The van der Waals surface area contributed by atoms with Crippen molar-refractivity contribution >= 4 is 29.0 Å². The fraction of sp³-hybridized carbons (Fsp3) is 0.389. The molecule has 6 nitrogen and oxygen atoms in total. The molecule has 0 bridgehead atoms. The number of para-hydroxylation sites is 1. The summed E-state index contributed by atoms with van der Waals surface area (Å²) in [6.45, 7) is 0.717. The molecule has 2 heterocycles. The Morgan fingerprint density at radius 3 is 2.88 bits per heavy atom. The van der Waals surface area contributed by atoms with E-state index in [1.54, 1.807) is 36.5 Å². The largest absolute Gasteiger partial charge is 0.349 e. The van der Waals surface area contributed by atoms with Gasteiger partial charge in [-0.3, -0.25) is 4.79 Å². The Morgan fingerprint density at radius 2 is 2.16 bits per heavy atom. The van der Waals surface area contributed by atoms with E-state index in [0.29, 0.717) is 5.69 Å². The Hall–Kier alpha value is -2.41. The van der Waals surface area contributed by atoms with Crippen LogP contribution in [0, 0.1) is 0 Å². The van der Waals surface area contributed by atoms with Crippen molar-refractivity contribution in [2.75, 3.05) is 26.0 Å². The maximum absolute atomic E-state index is 12.8. The lowest BCUT2D eigenvalue weighted by molar-refractivity contribution is -0.127. The summed E-state index contributed by atoms with van der Waals surface area (Å²) in [6, 6.07) is 7.35. The van der Waals surface area contributed by atoms with Crippen LogP contribution in [0.4, 0.5) is 10.5 Å². The van der Waals surface area contributed by atoms with E-state index in [4.69, 9.17) is 0 Å². The maximum Gasteiger partial charge on any atom is 0.322 e. The molecule has 132 valence electrons. The van der Waals surface area contributed by atoms with Gasteiger partial charge < -0.3 is 15.1 Å². The molecule has 1 aliphatic heterocycles. The third-order valence-electron chi connectivity index (χ3n) is 4.35. The van der Waals surface area contributed by atoms with Crippen LogP contribution in [0.2, 0.25) is 0 Å². The molecule has 1 aliphatic rings. The van der Waals surface area contributed by atoms with Gasteiger partial charge in [0.05, 0.1) is 12.5 Å². The third-order valence-corrected chi connectivity index (χ3v) is 5.23. The number of likely N-dealkylation sites (tertiary alicyclic amines) is 1. The summed E-state index contributed by atoms with van der Waals surface area (Å²) in [5.74, 6) is 0.00327. The van der Waals surface area contributed by atoms with Crippen LogP contribution in [0.3, 0.4) is 0 Å². The zero-order chi connectivity index (χ0) is 17.8. The summed E-state index contributed by atoms with van der Waals surface area (Å²) in [5.41, 5.74) is 1.51. The average molecular weight is 358 g/mol. The number of likely N-dealkylation sites (N-methyl/N-ethyl adjacent to an activating group) is 1. The second-order valence-corrected chi connectivity index (χ2v) is 7.20. The van der Waals surface area contributed by atoms with Gasteiger partial charge in [0, 0.05) is 37.9 Å². The predicted octanol–water partition coefficient (Wildman–Crippen LogP) is 3.14. The van der Waals surface area contributed by atoms with Crippen LogP contribution in [0.5, 0.6) is 0 Å². The number of nitrogens with one attached hydrogen (secondary N) is 1. The molecule has 1 fully saturated rings. The summed E-state index contributed by atoms with van der Waals surface area (Å²) >= 11 is 1.58. The van der Waals surface area contributed by atoms with Crippen LogP contribution in [-0.4, -0.2) is 47.4 Å². The van der Waals surface area contributed by atoms with Crippen molar-refractivity contribution in [3.05, 3.63) is 46.4 Å². The van der Waals surface area contributed by atoms with Crippen molar-refractivity contribution in [3.8, 4) is 0 Å². The number of rotatable bonds is 4. The van der Waals surface area contributed by atoms with E-state index < -0.39 is 0 Å². The maximum atomic E-state index is 12.8. The zero-order valence-corrected chi connectivity index (χ0v) is 15.3. The molecular weight excluding hydrogens is 336 g/mol. The van der Waals surface area contributed by atoms with Gasteiger partial charge in [-0.15, -0.1) is 11.3 Å². The van der Waals surface area contributed by atoms with E-state index in [1.807, 2.05) is 34.5 Å². The Kier molecular flexibility index (Phi) is 5.33. The second kappa shape index (κ2) is 7.65. The van der Waals surface area contributed by atoms with Crippen molar-refractivity contribution in [2.24, 2.45) is 0 Å². The highest BCUT2D eigenvalue weighted by molar-refractivity contribution is 7.09. The quantitative estimate of drug-likeness (QED) is 0.913. The molecule has 1 unspecified atom stereocenters. The minimum atomic E-state index is -0.137. The van der Waals surface area contributed by atoms with E-state index in [2.05, 4.69) is 10.3 Å². The standard InChI is InChI=1S/C18H22N4O2S/c1-21(2)16(23)12-13-6-3-4-7-14(13)20-18(24)22-10-5-8-15(22)17-19-9-11-25-17/h3-4,6-7,9,11,15H,5,8,10,12H2,1-2H3,(H,20,24). The van der Waals surface area contributed by atoms with Crippen LogP contribution >= 0.6 is 11.3 Å². The van der Waals surface area contributed by atoms with Gasteiger partial charge in [-0.25, -0.2) is 9.78 Å². The van der Waals surface area contributed by atoms with E-state index >= 15 is 0 Å². The molecular formula is C18H22N4O2S. The van der Waals surface area contributed by atoms with Gasteiger partial charge in [0.1, 0.15) is 5.01 Å². The van der Waals surface area contributed by atoms with Crippen LogP contribution in [-0.2, 0) is 11.2 Å². The lowest BCUT2D eigenvalue weighted by Gasteiger charge is -2.24. The number of urea groups is 1. The van der Waals surface area contributed by atoms with Gasteiger partial charge in [0.2, 0.25) is 5.91 Å². The third kappa shape index (κ3) is 3.99. The molecule has 7 heteroatoms. The molecule has 3 amide bonds. The highest BCUT2D eigenvalue weighted by Crippen LogP contribution is 2.33. The summed E-state index contributed by atoms with van der Waals surface area (Å²) in [5, 5.41) is 5.89. The number of carbonyl (C=O) groups excluding carboxylic acids is 2. The lowest BCUT2D eigenvalue weighted by Crippen LogP contribution is -2.34.